The Morgan fingerprint density at radius 3 is 2.31 bits per heavy atom. The van der Waals surface area contributed by atoms with E-state index >= 15 is 0 Å². The Kier molecular flexibility index (Phi) is 7.19. The Morgan fingerprint density at radius 1 is 1.00 bits per heavy atom. The number of hydrogen-bond donors (Lipinski definition) is 0. The third kappa shape index (κ3) is 4.43. The van der Waals surface area contributed by atoms with E-state index in [4.69, 9.17) is 4.74 Å². The molecule has 0 N–H and O–H groups in total. The summed E-state index contributed by atoms with van der Waals surface area (Å²) in [7, 11) is 0. The molecular formula is C32H50O4. The van der Waals surface area contributed by atoms with Crippen LogP contribution >= 0.6 is 0 Å². The Bertz CT molecular complexity index is 946. The molecule has 8 atom stereocenters. The fraction of sp³-hybridized carbons (Fsp3) is 0.844. The van der Waals surface area contributed by atoms with Crippen molar-refractivity contribution >= 4 is 17.5 Å². The maximum Gasteiger partial charge on any atom is 0.311 e. The summed E-state index contributed by atoms with van der Waals surface area (Å²) in [5.74, 6) is 2.63. The largest absolute Gasteiger partial charge is 0.462 e. The van der Waals surface area contributed by atoms with Gasteiger partial charge >= 0.3 is 5.97 Å². The van der Waals surface area contributed by atoms with Gasteiger partial charge in [0.15, 0.2) is 0 Å². The van der Waals surface area contributed by atoms with Crippen LogP contribution in [0.25, 0.3) is 0 Å². The van der Waals surface area contributed by atoms with Gasteiger partial charge in [0.1, 0.15) is 17.7 Å². The molecule has 3 saturated carbocycles. The second-order valence-corrected chi connectivity index (χ2v) is 14.3. The van der Waals surface area contributed by atoms with Crippen molar-refractivity contribution in [1.82, 2.24) is 0 Å². The van der Waals surface area contributed by atoms with Crippen LogP contribution in [-0.2, 0) is 19.1 Å². The maximum absolute atomic E-state index is 13.3. The first kappa shape index (κ1) is 27.6. The van der Waals surface area contributed by atoms with Crippen molar-refractivity contribution in [3.05, 3.63) is 11.6 Å². The van der Waals surface area contributed by atoms with Gasteiger partial charge in [-0.05, 0) is 114 Å². The number of esters is 1. The first-order chi connectivity index (χ1) is 16.7. The molecule has 0 aromatic rings. The van der Waals surface area contributed by atoms with Crippen LogP contribution in [0.15, 0.2) is 11.6 Å². The van der Waals surface area contributed by atoms with Crippen LogP contribution in [-0.4, -0.2) is 23.6 Å². The van der Waals surface area contributed by atoms with Crippen molar-refractivity contribution in [2.75, 3.05) is 0 Å². The fourth-order valence-electron chi connectivity index (χ4n) is 9.25. The van der Waals surface area contributed by atoms with Crippen molar-refractivity contribution in [3.63, 3.8) is 0 Å². The average molecular weight is 499 g/mol. The minimum absolute atomic E-state index is 0.0692. The molecule has 0 aliphatic heterocycles. The van der Waals surface area contributed by atoms with E-state index in [1.54, 1.807) is 13.8 Å². The molecule has 0 radical (unpaired) electrons. The van der Waals surface area contributed by atoms with E-state index in [9.17, 15) is 14.4 Å². The zero-order valence-electron chi connectivity index (χ0n) is 24.2. The fourth-order valence-corrected chi connectivity index (χ4v) is 9.25. The van der Waals surface area contributed by atoms with Gasteiger partial charge in [-0.15, -0.1) is 0 Å². The molecule has 4 rings (SSSR count). The smallest absolute Gasteiger partial charge is 0.311 e. The molecule has 36 heavy (non-hydrogen) atoms. The van der Waals surface area contributed by atoms with Crippen molar-refractivity contribution in [2.45, 2.75) is 126 Å². The number of carbonyl (C=O) groups excluding carboxylic acids is 3. The lowest BCUT2D eigenvalue weighted by Crippen LogP contribution is -2.51. The van der Waals surface area contributed by atoms with Gasteiger partial charge in [0.25, 0.3) is 0 Å². The minimum atomic E-state index is -0.688. The number of carbonyl (C=O) groups is 3. The van der Waals surface area contributed by atoms with Gasteiger partial charge in [-0.1, -0.05) is 39.3 Å². The molecule has 8 unspecified atom stereocenters. The quantitative estimate of drug-likeness (QED) is 0.269. The van der Waals surface area contributed by atoms with Gasteiger partial charge in [-0.3, -0.25) is 14.4 Å². The van der Waals surface area contributed by atoms with E-state index in [0.29, 0.717) is 30.0 Å². The number of rotatable bonds is 7. The number of ether oxygens (including phenoxy) is 1. The maximum atomic E-state index is 13.3. The van der Waals surface area contributed by atoms with Crippen LogP contribution in [0.4, 0.5) is 0 Å². The van der Waals surface area contributed by atoms with Crippen LogP contribution in [0.5, 0.6) is 0 Å². The van der Waals surface area contributed by atoms with E-state index in [2.05, 4.69) is 19.9 Å². The second-order valence-electron chi connectivity index (χ2n) is 14.3. The Hall–Kier alpha value is -1.45. The standard InChI is InChI=1S/C32H50O4/c1-9-30(6,21(3)34)19-29(4,5)28(35)36-23-14-16-31(7)22(18-23)10-11-24-26-13-12-25(20(2)33)32(26,8)17-15-27(24)31/h10,23-27H,9,11-19H2,1-8H3. The van der Waals surface area contributed by atoms with Crippen molar-refractivity contribution in [3.8, 4) is 0 Å². The normalized spacial score (nSPS) is 39.7. The molecule has 3 fully saturated rings. The topological polar surface area (TPSA) is 60.4 Å². The van der Waals surface area contributed by atoms with E-state index in [1.807, 2.05) is 27.7 Å². The lowest BCUT2D eigenvalue weighted by molar-refractivity contribution is -0.164. The van der Waals surface area contributed by atoms with E-state index in [-0.39, 0.29) is 34.6 Å². The molecular weight excluding hydrogens is 448 g/mol. The van der Waals surface area contributed by atoms with Crippen LogP contribution in [0.2, 0.25) is 0 Å². The monoisotopic (exact) mass is 498 g/mol. The summed E-state index contributed by atoms with van der Waals surface area (Å²) in [4.78, 5) is 38.0. The van der Waals surface area contributed by atoms with Gasteiger partial charge in [0, 0.05) is 17.8 Å². The molecule has 0 saturated heterocycles. The first-order valence-electron chi connectivity index (χ1n) is 14.6. The van der Waals surface area contributed by atoms with E-state index < -0.39 is 10.8 Å². The summed E-state index contributed by atoms with van der Waals surface area (Å²) in [6.07, 6.45) is 12.3. The average Bonchev–Trinajstić information content (AvgIpc) is 3.16. The van der Waals surface area contributed by atoms with Crippen LogP contribution < -0.4 is 0 Å². The Labute approximate surface area is 219 Å². The van der Waals surface area contributed by atoms with Gasteiger partial charge in [-0.25, -0.2) is 0 Å². The number of ketones is 2. The molecule has 0 spiro atoms. The second kappa shape index (κ2) is 9.38. The highest BCUT2D eigenvalue weighted by molar-refractivity contribution is 5.84. The highest BCUT2D eigenvalue weighted by atomic mass is 16.5. The Balaban J connectivity index is 1.45. The van der Waals surface area contributed by atoms with E-state index in [0.717, 1.165) is 38.5 Å². The van der Waals surface area contributed by atoms with Gasteiger partial charge in [0.2, 0.25) is 0 Å². The van der Waals surface area contributed by atoms with Crippen LogP contribution in [0, 0.1) is 45.3 Å². The number of fused-ring (bicyclic) bond motifs is 5. The third-order valence-electron chi connectivity index (χ3n) is 11.8. The number of allylic oxidation sites excluding steroid dienone is 1. The molecule has 4 nitrogen and oxygen atoms in total. The molecule has 4 aliphatic carbocycles. The van der Waals surface area contributed by atoms with Crippen LogP contribution in [0.1, 0.15) is 120 Å². The highest BCUT2D eigenvalue weighted by Crippen LogP contribution is 2.66. The molecule has 0 heterocycles. The zero-order chi connectivity index (χ0) is 26.7. The highest BCUT2D eigenvalue weighted by Gasteiger charge is 2.59. The predicted octanol–water partition coefficient (Wildman–Crippen LogP) is 7.49. The van der Waals surface area contributed by atoms with Crippen LogP contribution in [0.3, 0.4) is 0 Å². The number of Topliss-reactive ketones (excluding diaryl/α,β-unsaturated/α-hetero) is 2. The lowest BCUT2D eigenvalue weighted by atomic mass is 9.47. The summed E-state index contributed by atoms with van der Waals surface area (Å²) in [5, 5.41) is 0. The molecule has 4 aliphatic rings. The van der Waals surface area contributed by atoms with Gasteiger partial charge < -0.3 is 4.74 Å². The van der Waals surface area contributed by atoms with E-state index in [1.165, 1.54) is 24.8 Å². The summed E-state index contributed by atoms with van der Waals surface area (Å²) in [6.45, 7) is 16.2. The first-order valence-corrected chi connectivity index (χ1v) is 14.6. The number of hydrogen-bond acceptors (Lipinski definition) is 4. The van der Waals surface area contributed by atoms with Gasteiger partial charge in [-0.2, -0.15) is 0 Å². The molecule has 0 aromatic carbocycles. The minimum Gasteiger partial charge on any atom is -0.462 e. The Morgan fingerprint density at radius 2 is 1.69 bits per heavy atom. The molecule has 0 amide bonds. The van der Waals surface area contributed by atoms with Crippen molar-refractivity contribution in [2.24, 2.45) is 45.3 Å². The summed E-state index contributed by atoms with van der Waals surface area (Å²) in [5.41, 5.74) is 0.683. The summed E-state index contributed by atoms with van der Waals surface area (Å²) >= 11 is 0. The lowest BCUT2D eigenvalue weighted by Gasteiger charge is -2.58. The molecule has 4 heteroatoms. The third-order valence-corrected chi connectivity index (χ3v) is 11.8. The SMILES string of the molecule is CCC(C)(CC(C)(C)C(=O)OC1CCC2(C)C(=CCC3C2CCC2(C)C(C(C)=O)CCC32)C1)C(C)=O. The summed E-state index contributed by atoms with van der Waals surface area (Å²) in [6, 6.07) is 0. The van der Waals surface area contributed by atoms with Crippen molar-refractivity contribution in [1.29, 1.82) is 0 Å². The van der Waals surface area contributed by atoms with Gasteiger partial charge in [0.05, 0.1) is 5.41 Å². The zero-order valence-corrected chi connectivity index (χ0v) is 24.2. The predicted molar refractivity (Wildman–Crippen MR) is 143 cm³/mol. The molecule has 0 aromatic heterocycles. The molecule has 202 valence electrons. The summed E-state index contributed by atoms with van der Waals surface area (Å²) < 4.78 is 6.15. The van der Waals surface area contributed by atoms with Crippen molar-refractivity contribution < 1.29 is 19.1 Å². The molecule has 0 bridgehead atoms.